The SMILES string of the molecule is N#Cc1ccc(N2CCC(N3CC(=O)N(CC(F)(F)F)C3=O)CC2)cn1. The van der Waals surface area contributed by atoms with Gasteiger partial charge in [-0.2, -0.15) is 18.4 Å². The van der Waals surface area contributed by atoms with Gasteiger partial charge in [0.15, 0.2) is 0 Å². The Kier molecular flexibility index (Phi) is 4.71. The maximum Gasteiger partial charge on any atom is 0.406 e. The minimum absolute atomic E-state index is 0.271. The molecule has 2 aliphatic heterocycles. The highest BCUT2D eigenvalue weighted by Gasteiger charge is 2.45. The number of nitrogens with zero attached hydrogens (tertiary/aromatic N) is 5. The molecular formula is C16H16F3N5O2. The number of amides is 3. The Hall–Kier alpha value is -2.83. The summed E-state index contributed by atoms with van der Waals surface area (Å²) in [4.78, 5) is 31.5. The number of piperidine rings is 1. The molecule has 0 atom stereocenters. The fourth-order valence-corrected chi connectivity index (χ4v) is 3.26. The van der Waals surface area contributed by atoms with Crippen molar-refractivity contribution in [2.24, 2.45) is 0 Å². The summed E-state index contributed by atoms with van der Waals surface area (Å²) in [5.41, 5.74) is 1.15. The van der Waals surface area contributed by atoms with Crippen molar-refractivity contribution in [3.8, 4) is 6.07 Å². The van der Waals surface area contributed by atoms with E-state index in [0.29, 0.717) is 31.6 Å². The van der Waals surface area contributed by atoms with E-state index in [4.69, 9.17) is 5.26 Å². The van der Waals surface area contributed by atoms with Crippen LogP contribution in [0.2, 0.25) is 0 Å². The second-order valence-corrected chi connectivity index (χ2v) is 6.24. The van der Waals surface area contributed by atoms with E-state index in [1.807, 2.05) is 11.0 Å². The van der Waals surface area contributed by atoms with Crippen LogP contribution in [0.15, 0.2) is 18.3 Å². The van der Waals surface area contributed by atoms with Gasteiger partial charge in [-0.15, -0.1) is 0 Å². The number of pyridine rings is 1. The van der Waals surface area contributed by atoms with Crippen molar-refractivity contribution in [3.05, 3.63) is 24.0 Å². The van der Waals surface area contributed by atoms with Crippen LogP contribution >= 0.6 is 0 Å². The van der Waals surface area contributed by atoms with Crippen LogP contribution in [0.3, 0.4) is 0 Å². The molecule has 0 unspecified atom stereocenters. The average Bonchev–Trinajstić information content (AvgIpc) is 2.89. The number of rotatable bonds is 3. The summed E-state index contributed by atoms with van der Waals surface area (Å²) < 4.78 is 37.6. The first-order chi connectivity index (χ1) is 12.3. The van der Waals surface area contributed by atoms with E-state index >= 15 is 0 Å². The Bertz CT molecular complexity index is 736. The molecule has 1 aromatic rings. The number of aromatic nitrogens is 1. The lowest BCUT2D eigenvalue weighted by Crippen LogP contribution is -2.47. The van der Waals surface area contributed by atoms with E-state index in [1.54, 1.807) is 18.3 Å². The van der Waals surface area contributed by atoms with Crippen LogP contribution < -0.4 is 4.90 Å². The van der Waals surface area contributed by atoms with Gasteiger partial charge < -0.3 is 9.80 Å². The summed E-state index contributed by atoms with van der Waals surface area (Å²) in [7, 11) is 0. The number of alkyl halides is 3. The summed E-state index contributed by atoms with van der Waals surface area (Å²) in [6, 6.07) is 4.19. The molecule has 2 fully saturated rings. The smallest absolute Gasteiger partial charge is 0.370 e. The summed E-state index contributed by atoms with van der Waals surface area (Å²) in [6.07, 6.45) is -1.93. The molecule has 0 aromatic carbocycles. The lowest BCUT2D eigenvalue weighted by atomic mass is 10.0. The molecule has 0 saturated carbocycles. The van der Waals surface area contributed by atoms with Crippen molar-refractivity contribution in [1.82, 2.24) is 14.8 Å². The normalized spacial score (nSPS) is 19.2. The van der Waals surface area contributed by atoms with E-state index in [9.17, 15) is 22.8 Å². The number of imide groups is 1. The molecular weight excluding hydrogens is 351 g/mol. The zero-order valence-electron chi connectivity index (χ0n) is 13.7. The van der Waals surface area contributed by atoms with Crippen LogP contribution in [0.4, 0.5) is 23.7 Å². The van der Waals surface area contributed by atoms with Crippen LogP contribution in [0.5, 0.6) is 0 Å². The fraction of sp³-hybridized carbons (Fsp3) is 0.500. The molecule has 1 aromatic heterocycles. The molecule has 26 heavy (non-hydrogen) atoms. The Balaban J connectivity index is 1.60. The van der Waals surface area contributed by atoms with Crippen molar-refractivity contribution < 1.29 is 22.8 Å². The van der Waals surface area contributed by atoms with Crippen LogP contribution in [-0.4, -0.2) is 65.1 Å². The van der Waals surface area contributed by atoms with Gasteiger partial charge in [0, 0.05) is 19.1 Å². The molecule has 0 N–H and O–H groups in total. The Labute approximate surface area is 147 Å². The van der Waals surface area contributed by atoms with E-state index in [2.05, 4.69) is 4.98 Å². The van der Waals surface area contributed by atoms with Crippen LogP contribution in [0, 0.1) is 11.3 Å². The molecule has 0 spiro atoms. The first kappa shape index (κ1) is 18.0. The molecule has 3 heterocycles. The van der Waals surface area contributed by atoms with Gasteiger partial charge in [0.05, 0.1) is 11.9 Å². The molecule has 0 radical (unpaired) electrons. The molecule has 3 amide bonds. The molecule has 138 valence electrons. The van der Waals surface area contributed by atoms with Gasteiger partial charge in [0.1, 0.15) is 24.9 Å². The molecule has 10 heteroatoms. The van der Waals surface area contributed by atoms with Gasteiger partial charge in [-0.05, 0) is 25.0 Å². The lowest BCUT2D eigenvalue weighted by Gasteiger charge is -2.37. The third-order valence-electron chi connectivity index (χ3n) is 4.55. The topological polar surface area (TPSA) is 80.5 Å². The number of carbonyl (C=O) groups excluding carboxylic acids is 2. The van der Waals surface area contributed by atoms with E-state index in [1.165, 1.54) is 4.90 Å². The zero-order chi connectivity index (χ0) is 18.9. The van der Waals surface area contributed by atoms with Crippen LogP contribution in [0.1, 0.15) is 18.5 Å². The van der Waals surface area contributed by atoms with Gasteiger partial charge >= 0.3 is 12.2 Å². The van der Waals surface area contributed by atoms with Gasteiger partial charge in [0.25, 0.3) is 5.91 Å². The quantitative estimate of drug-likeness (QED) is 0.761. The van der Waals surface area contributed by atoms with Crippen molar-refractivity contribution in [1.29, 1.82) is 5.26 Å². The van der Waals surface area contributed by atoms with Crippen LogP contribution in [0.25, 0.3) is 0 Å². The fourth-order valence-electron chi connectivity index (χ4n) is 3.26. The predicted octanol–water partition coefficient (Wildman–Crippen LogP) is 1.75. The number of carbonyl (C=O) groups is 2. The number of nitriles is 1. The van der Waals surface area contributed by atoms with E-state index in [-0.39, 0.29) is 17.5 Å². The third-order valence-corrected chi connectivity index (χ3v) is 4.55. The first-order valence-electron chi connectivity index (χ1n) is 8.07. The highest BCUT2D eigenvalue weighted by atomic mass is 19.4. The predicted molar refractivity (Wildman–Crippen MR) is 84.1 cm³/mol. The average molecular weight is 367 g/mol. The second-order valence-electron chi connectivity index (χ2n) is 6.24. The Morgan fingerprint density at radius 2 is 1.92 bits per heavy atom. The largest absolute Gasteiger partial charge is 0.406 e. The summed E-state index contributed by atoms with van der Waals surface area (Å²) in [5, 5.41) is 8.77. The summed E-state index contributed by atoms with van der Waals surface area (Å²) in [6.45, 7) is -0.695. The molecule has 2 aliphatic rings. The van der Waals surface area contributed by atoms with Crippen LogP contribution in [-0.2, 0) is 4.79 Å². The minimum Gasteiger partial charge on any atom is -0.370 e. The highest BCUT2D eigenvalue weighted by molar-refractivity contribution is 6.02. The maximum absolute atomic E-state index is 12.5. The van der Waals surface area contributed by atoms with E-state index < -0.39 is 24.7 Å². The number of anilines is 1. The third kappa shape index (κ3) is 3.71. The lowest BCUT2D eigenvalue weighted by molar-refractivity contribution is -0.151. The minimum atomic E-state index is -4.60. The molecule has 0 bridgehead atoms. The Morgan fingerprint density at radius 1 is 1.23 bits per heavy atom. The number of halogens is 3. The number of hydrogen-bond acceptors (Lipinski definition) is 5. The highest BCUT2D eigenvalue weighted by Crippen LogP contribution is 2.27. The second kappa shape index (κ2) is 6.82. The maximum atomic E-state index is 12.5. The standard InChI is InChI=1S/C16H16F3N5O2/c17-16(18,19)10-24-14(25)9-23(15(24)26)12-3-5-22(6-4-12)13-2-1-11(7-20)21-8-13/h1-2,8,12H,3-6,9-10H2. The van der Waals surface area contributed by atoms with Gasteiger partial charge in [-0.25, -0.2) is 9.78 Å². The monoisotopic (exact) mass is 367 g/mol. The van der Waals surface area contributed by atoms with Gasteiger partial charge in [-0.1, -0.05) is 0 Å². The van der Waals surface area contributed by atoms with Gasteiger partial charge in [-0.3, -0.25) is 9.69 Å². The van der Waals surface area contributed by atoms with Gasteiger partial charge in [0.2, 0.25) is 0 Å². The Morgan fingerprint density at radius 3 is 2.46 bits per heavy atom. The first-order valence-corrected chi connectivity index (χ1v) is 8.07. The zero-order valence-corrected chi connectivity index (χ0v) is 13.7. The van der Waals surface area contributed by atoms with Crippen molar-refractivity contribution in [2.45, 2.75) is 25.1 Å². The summed E-state index contributed by atoms with van der Waals surface area (Å²) >= 11 is 0. The van der Waals surface area contributed by atoms with Crippen molar-refractivity contribution >= 4 is 17.6 Å². The molecule has 3 rings (SSSR count). The van der Waals surface area contributed by atoms with E-state index in [0.717, 1.165) is 5.69 Å². The summed E-state index contributed by atoms with van der Waals surface area (Å²) in [5.74, 6) is -0.814. The molecule has 2 saturated heterocycles. The number of urea groups is 1. The van der Waals surface area contributed by atoms with Crippen molar-refractivity contribution in [2.75, 3.05) is 31.1 Å². The van der Waals surface area contributed by atoms with Crippen molar-refractivity contribution in [3.63, 3.8) is 0 Å². The number of hydrogen-bond donors (Lipinski definition) is 0. The molecule has 7 nitrogen and oxygen atoms in total. The molecule has 0 aliphatic carbocycles.